The summed E-state index contributed by atoms with van der Waals surface area (Å²) >= 11 is 0. The Morgan fingerprint density at radius 1 is 1.21 bits per heavy atom. The molecule has 0 radical (unpaired) electrons. The van der Waals surface area contributed by atoms with Crippen LogP contribution in [0.5, 0.6) is 5.75 Å². The maximum absolute atomic E-state index is 13.0. The number of Topliss-reactive ketones (excluding diaryl/α,β-unsaturated/α-hetero) is 2. The first-order chi connectivity index (χ1) is 11.5. The average molecular weight is 327 g/mol. The maximum Gasteiger partial charge on any atom is 0.263 e. The fourth-order valence-electron chi connectivity index (χ4n) is 3.45. The first kappa shape index (κ1) is 16.4. The van der Waals surface area contributed by atoms with E-state index in [-0.39, 0.29) is 17.5 Å². The molecule has 2 aliphatic rings. The first-order valence-corrected chi connectivity index (χ1v) is 8.37. The summed E-state index contributed by atoms with van der Waals surface area (Å²) in [5.74, 6) is 0.406. The molecular weight excluding hydrogens is 306 g/mol. The van der Waals surface area contributed by atoms with Crippen LogP contribution in [0.4, 0.5) is 0 Å². The van der Waals surface area contributed by atoms with Crippen molar-refractivity contribution >= 4 is 23.2 Å². The highest BCUT2D eigenvalue weighted by Gasteiger charge is 2.41. The molecule has 1 saturated carbocycles. The molecule has 0 saturated heterocycles. The summed E-state index contributed by atoms with van der Waals surface area (Å²) in [5.41, 5.74) is 1.68. The summed E-state index contributed by atoms with van der Waals surface area (Å²) in [7, 11) is 0. The van der Waals surface area contributed by atoms with Crippen molar-refractivity contribution in [3.8, 4) is 5.75 Å². The van der Waals surface area contributed by atoms with Crippen LogP contribution < -0.4 is 4.74 Å². The number of rotatable bonds is 3. The lowest BCUT2D eigenvalue weighted by molar-refractivity contribution is -0.125. The number of ketones is 2. The fraction of sp³-hybridized carbons (Fsp3) is 0.421. The summed E-state index contributed by atoms with van der Waals surface area (Å²) in [4.78, 5) is 38.7. The number of carbonyl (C=O) groups is 3. The molecule has 1 aromatic carbocycles. The van der Waals surface area contributed by atoms with Crippen molar-refractivity contribution in [2.75, 3.05) is 6.61 Å². The largest absolute Gasteiger partial charge is 0.493 e. The molecule has 1 amide bonds. The minimum atomic E-state index is -0.615. The number of hydrogen-bond acceptors (Lipinski definition) is 4. The Bertz CT molecular complexity index is 722. The van der Waals surface area contributed by atoms with Crippen molar-refractivity contribution in [1.29, 1.82) is 0 Å². The van der Waals surface area contributed by atoms with E-state index in [0.29, 0.717) is 61.3 Å². The van der Waals surface area contributed by atoms with E-state index in [1.807, 2.05) is 19.1 Å². The molecule has 0 N–H and O–H groups in total. The zero-order valence-electron chi connectivity index (χ0n) is 13.8. The molecule has 5 nitrogen and oxygen atoms in total. The van der Waals surface area contributed by atoms with Gasteiger partial charge >= 0.3 is 0 Å². The van der Waals surface area contributed by atoms with Crippen LogP contribution in [-0.4, -0.2) is 35.0 Å². The van der Waals surface area contributed by atoms with Gasteiger partial charge in [-0.1, -0.05) is 18.7 Å². The fourth-order valence-corrected chi connectivity index (χ4v) is 3.45. The summed E-state index contributed by atoms with van der Waals surface area (Å²) < 4.78 is 5.56. The average Bonchev–Trinajstić information content (AvgIpc) is 2.80. The SMILES string of the molecule is C=C1c2cccc(OCC)c2C(=O)N1C1CCC(=O)CCCC1=O. The zero-order chi connectivity index (χ0) is 17.3. The van der Waals surface area contributed by atoms with Gasteiger partial charge in [-0.05, 0) is 25.8 Å². The van der Waals surface area contributed by atoms with Gasteiger partial charge in [-0.15, -0.1) is 0 Å². The number of ether oxygens (including phenoxy) is 1. The van der Waals surface area contributed by atoms with Gasteiger partial charge in [0.25, 0.3) is 5.91 Å². The van der Waals surface area contributed by atoms with Crippen molar-refractivity contribution in [2.45, 2.75) is 45.1 Å². The monoisotopic (exact) mass is 327 g/mol. The highest BCUT2D eigenvalue weighted by molar-refractivity contribution is 6.13. The van der Waals surface area contributed by atoms with Crippen LogP contribution in [0.2, 0.25) is 0 Å². The molecule has 1 heterocycles. The number of benzene rings is 1. The molecule has 0 aromatic heterocycles. The van der Waals surface area contributed by atoms with E-state index < -0.39 is 6.04 Å². The first-order valence-electron chi connectivity index (χ1n) is 8.37. The number of fused-ring (bicyclic) bond motifs is 1. The van der Waals surface area contributed by atoms with Crippen LogP contribution in [0.1, 0.15) is 54.9 Å². The molecule has 5 heteroatoms. The van der Waals surface area contributed by atoms with E-state index in [1.54, 1.807) is 6.07 Å². The lowest BCUT2D eigenvalue weighted by Gasteiger charge is -2.28. The minimum Gasteiger partial charge on any atom is -0.493 e. The summed E-state index contributed by atoms with van der Waals surface area (Å²) in [6.07, 6.45) is 2.01. The van der Waals surface area contributed by atoms with Gasteiger partial charge in [0.15, 0.2) is 5.78 Å². The van der Waals surface area contributed by atoms with Gasteiger partial charge < -0.3 is 4.74 Å². The van der Waals surface area contributed by atoms with E-state index in [1.165, 1.54) is 4.90 Å². The van der Waals surface area contributed by atoms with Gasteiger partial charge in [-0.3, -0.25) is 19.3 Å². The third-order valence-electron chi connectivity index (χ3n) is 4.62. The van der Waals surface area contributed by atoms with Crippen LogP contribution in [0.15, 0.2) is 24.8 Å². The second-order valence-corrected chi connectivity index (χ2v) is 6.15. The van der Waals surface area contributed by atoms with Crippen molar-refractivity contribution in [1.82, 2.24) is 4.90 Å². The molecule has 1 aliphatic heterocycles. The molecule has 126 valence electrons. The predicted molar refractivity (Wildman–Crippen MR) is 89.7 cm³/mol. The molecule has 1 aliphatic carbocycles. The Morgan fingerprint density at radius 3 is 2.75 bits per heavy atom. The van der Waals surface area contributed by atoms with Crippen LogP contribution in [-0.2, 0) is 9.59 Å². The second-order valence-electron chi connectivity index (χ2n) is 6.15. The predicted octanol–water partition coefficient (Wildman–Crippen LogP) is 2.98. The molecule has 1 fully saturated rings. The van der Waals surface area contributed by atoms with E-state index in [9.17, 15) is 14.4 Å². The second kappa shape index (κ2) is 6.59. The van der Waals surface area contributed by atoms with Gasteiger partial charge in [-0.25, -0.2) is 0 Å². The number of amides is 1. The van der Waals surface area contributed by atoms with Crippen molar-refractivity contribution in [3.63, 3.8) is 0 Å². The third-order valence-corrected chi connectivity index (χ3v) is 4.62. The summed E-state index contributed by atoms with van der Waals surface area (Å²) in [5, 5.41) is 0. The van der Waals surface area contributed by atoms with Crippen LogP contribution in [0, 0.1) is 0 Å². The molecule has 0 bridgehead atoms. The van der Waals surface area contributed by atoms with E-state index in [4.69, 9.17) is 4.74 Å². The standard InChI is InChI=1S/C19H21NO4/c1-3-24-17-9-5-7-14-12(2)20(19(23)18(14)17)15-11-10-13(21)6-4-8-16(15)22/h5,7,9,15H,2-4,6,8,10-11H2,1H3. The normalized spacial score (nSPS) is 21.5. The number of hydrogen-bond donors (Lipinski definition) is 0. The highest BCUT2D eigenvalue weighted by Crippen LogP contribution is 2.39. The lowest BCUT2D eigenvalue weighted by Crippen LogP contribution is -2.41. The van der Waals surface area contributed by atoms with E-state index >= 15 is 0 Å². The zero-order valence-corrected chi connectivity index (χ0v) is 13.8. The summed E-state index contributed by atoms with van der Waals surface area (Å²) in [6.45, 7) is 6.33. The topological polar surface area (TPSA) is 63.7 Å². The van der Waals surface area contributed by atoms with Gasteiger partial charge in [0.1, 0.15) is 11.5 Å². The van der Waals surface area contributed by atoms with Crippen molar-refractivity contribution in [2.24, 2.45) is 0 Å². The highest BCUT2D eigenvalue weighted by atomic mass is 16.5. The molecule has 1 unspecified atom stereocenters. The van der Waals surface area contributed by atoms with Gasteiger partial charge in [-0.2, -0.15) is 0 Å². The van der Waals surface area contributed by atoms with Crippen LogP contribution in [0.3, 0.4) is 0 Å². The Morgan fingerprint density at radius 2 is 2.00 bits per heavy atom. The Kier molecular flexibility index (Phi) is 4.51. The Labute approximate surface area is 141 Å². The van der Waals surface area contributed by atoms with E-state index in [2.05, 4.69) is 6.58 Å². The van der Waals surface area contributed by atoms with E-state index in [0.717, 1.165) is 0 Å². The quantitative estimate of drug-likeness (QED) is 0.856. The van der Waals surface area contributed by atoms with Crippen molar-refractivity contribution in [3.05, 3.63) is 35.9 Å². The smallest absolute Gasteiger partial charge is 0.263 e. The van der Waals surface area contributed by atoms with Crippen molar-refractivity contribution < 1.29 is 19.1 Å². The molecule has 24 heavy (non-hydrogen) atoms. The number of carbonyl (C=O) groups excluding carboxylic acids is 3. The Balaban J connectivity index is 1.96. The van der Waals surface area contributed by atoms with Gasteiger partial charge in [0, 0.05) is 30.5 Å². The molecule has 0 spiro atoms. The van der Waals surface area contributed by atoms with Gasteiger partial charge in [0.05, 0.1) is 18.2 Å². The molecule has 1 atom stereocenters. The number of nitrogens with zero attached hydrogens (tertiary/aromatic N) is 1. The molecular formula is C19H21NO4. The minimum absolute atomic E-state index is 0.00256. The van der Waals surface area contributed by atoms with Crippen LogP contribution in [0.25, 0.3) is 5.70 Å². The lowest BCUT2D eigenvalue weighted by atomic mass is 9.93. The molecule has 3 rings (SSSR count). The molecule has 1 aromatic rings. The third kappa shape index (κ3) is 2.75. The maximum atomic E-state index is 13.0. The van der Waals surface area contributed by atoms with Crippen LogP contribution >= 0.6 is 0 Å². The van der Waals surface area contributed by atoms with Gasteiger partial charge in [0.2, 0.25) is 0 Å². The summed E-state index contributed by atoms with van der Waals surface area (Å²) in [6, 6.07) is 4.77. The Hall–Kier alpha value is -2.43.